The lowest BCUT2D eigenvalue weighted by Crippen LogP contribution is -2.38. The van der Waals surface area contributed by atoms with Gasteiger partial charge in [-0.25, -0.2) is 0 Å². The second-order valence-electron chi connectivity index (χ2n) is 4.98. The van der Waals surface area contributed by atoms with Gasteiger partial charge in [0, 0.05) is 19.2 Å². The fourth-order valence-electron chi connectivity index (χ4n) is 2.00. The van der Waals surface area contributed by atoms with Gasteiger partial charge in [0.25, 0.3) is 0 Å². The standard InChI is InChI=1S/C14H16F3N3O2/c1-11-7-18-20(8-11)5-4-13(21)19(10-14(15,16)17)9-12-3-2-6-22-12/h2-3,6-8H,4-5,9-10H2,1H3. The van der Waals surface area contributed by atoms with Crippen LogP contribution in [0.3, 0.4) is 0 Å². The molecule has 2 aromatic heterocycles. The topological polar surface area (TPSA) is 51.3 Å². The zero-order chi connectivity index (χ0) is 16.2. The predicted octanol–water partition coefficient (Wildman–Crippen LogP) is 2.77. The van der Waals surface area contributed by atoms with E-state index in [0.717, 1.165) is 10.5 Å². The number of hydrogen-bond acceptors (Lipinski definition) is 3. The molecule has 0 aliphatic rings. The van der Waals surface area contributed by atoms with E-state index in [1.807, 2.05) is 6.92 Å². The van der Waals surface area contributed by atoms with Gasteiger partial charge in [-0.05, 0) is 24.6 Å². The number of halogens is 3. The summed E-state index contributed by atoms with van der Waals surface area (Å²) in [6.07, 6.45) is 0.204. The second-order valence-corrected chi connectivity index (χ2v) is 4.98. The average Bonchev–Trinajstić information content (AvgIpc) is 3.05. The Morgan fingerprint density at radius 1 is 1.45 bits per heavy atom. The van der Waals surface area contributed by atoms with Crippen LogP contribution in [-0.4, -0.2) is 33.3 Å². The Morgan fingerprint density at radius 3 is 2.77 bits per heavy atom. The van der Waals surface area contributed by atoms with Gasteiger partial charge in [-0.2, -0.15) is 18.3 Å². The summed E-state index contributed by atoms with van der Waals surface area (Å²) in [5.41, 5.74) is 0.926. The highest BCUT2D eigenvalue weighted by molar-refractivity contribution is 5.76. The van der Waals surface area contributed by atoms with Gasteiger partial charge in [-0.3, -0.25) is 9.48 Å². The first-order valence-electron chi connectivity index (χ1n) is 6.69. The highest BCUT2D eigenvalue weighted by Gasteiger charge is 2.33. The zero-order valence-electron chi connectivity index (χ0n) is 12.0. The first kappa shape index (κ1) is 16.1. The molecule has 0 aliphatic carbocycles. The molecule has 0 spiro atoms. The molecule has 8 heteroatoms. The number of amides is 1. The van der Waals surface area contributed by atoms with Gasteiger partial charge < -0.3 is 9.32 Å². The Balaban J connectivity index is 1.98. The molecule has 0 saturated carbocycles. The molecule has 0 radical (unpaired) electrons. The van der Waals surface area contributed by atoms with Gasteiger partial charge in [0.05, 0.1) is 19.0 Å². The Kier molecular flexibility index (Phi) is 4.89. The van der Waals surface area contributed by atoms with E-state index in [1.165, 1.54) is 17.0 Å². The molecule has 2 heterocycles. The van der Waals surface area contributed by atoms with Crippen LogP contribution in [0.2, 0.25) is 0 Å². The van der Waals surface area contributed by atoms with Crippen molar-refractivity contribution in [3.05, 3.63) is 42.1 Å². The highest BCUT2D eigenvalue weighted by atomic mass is 19.4. The van der Waals surface area contributed by atoms with Crippen LogP contribution < -0.4 is 0 Å². The number of carbonyl (C=O) groups excluding carboxylic acids is 1. The molecule has 0 bridgehead atoms. The molecule has 0 atom stereocenters. The van der Waals surface area contributed by atoms with Gasteiger partial charge in [0.2, 0.25) is 5.91 Å². The molecule has 0 aromatic carbocycles. The van der Waals surface area contributed by atoms with Crippen LogP contribution in [0.25, 0.3) is 0 Å². The third-order valence-electron chi connectivity index (χ3n) is 2.97. The summed E-state index contributed by atoms with van der Waals surface area (Å²) in [5.74, 6) is -0.283. The van der Waals surface area contributed by atoms with E-state index in [2.05, 4.69) is 5.10 Å². The van der Waals surface area contributed by atoms with Crippen molar-refractivity contribution in [3.8, 4) is 0 Å². The van der Waals surface area contributed by atoms with Gasteiger partial charge in [0.1, 0.15) is 12.3 Å². The molecule has 0 fully saturated rings. The molecular weight excluding hydrogens is 299 g/mol. The molecule has 22 heavy (non-hydrogen) atoms. The number of aryl methyl sites for hydroxylation is 2. The van der Waals surface area contributed by atoms with Gasteiger partial charge >= 0.3 is 6.18 Å². The van der Waals surface area contributed by atoms with Crippen LogP contribution >= 0.6 is 0 Å². The predicted molar refractivity (Wildman–Crippen MR) is 71.8 cm³/mol. The van der Waals surface area contributed by atoms with Crippen molar-refractivity contribution in [2.45, 2.75) is 32.6 Å². The largest absolute Gasteiger partial charge is 0.467 e. The molecule has 2 aromatic rings. The van der Waals surface area contributed by atoms with Crippen LogP contribution in [0.1, 0.15) is 17.7 Å². The quantitative estimate of drug-likeness (QED) is 0.823. The monoisotopic (exact) mass is 315 g/mol. The lowest BCUT2D eigenvalue weighted by molar-refractivity contribution is -0.163. The third kappa shape index (κ3) is 4.94. The molecule has 2 rings (SSSR count). The summed E-state index contributed by atoms with van der Waals surface area (Å²) in [5, 5.41) is 4.00. The Morgan fingerprint density at radius 2 is 2.23 bits per heavy atom. The molecule has 0 N–H and O–H groups in total. The number of alkyl halides is 3. The summed E-state index contributed by atoms with van der Waals surface area (Å²) in [6, 6.07) is 3.10. The van der Waals surface area contributed by atoms with Crippen LogP contribution in [-0.2, 0) is 17.9 Å². The molecule has 120 valence electrons. The maximum atomic E-state index is 12.6. The number of nitrogens with zero attached hydrogens (tertiary/aromatic N) is 3. The number of aromatic nitrogens is 2. The van der Waals surface area contributed by atoms with Crippen LogP contribution in [0, 0.1) is 6.92 Å². The fourth-order valence-corrected chi connectivity index (χ4v) is 2.00. The Hall–Kier alpha value is -2.25. The van der Waals surface area contributed by atoms with Crippen LogP contribution in [0.15, 0.2) is 35.2 Å². The summed E-state index contributed by atoms with van der Waals surface area (Å²) < 4.78 is 44.4. The molecule has 5 nitrogen and oxygen atoms in total. The van der Waals surface area contributed by atoms with Crippen molar-refractivity contribution in [2.75, 3.05) is 6.54 Å². The lowest BCUT2D eigenvalue weighted by atomic mass is 10.3. The van der Waals surface area contributed by atoms with E-state index in [0.29, 0.717) is 5.76 Å². The minimum atomic E-state index is -4.45. The maximum absolute atomic E-state index is 12.6. The summed E-state index contributed by atoms with van der Waals surface area (Å²) >= 11 is 0. The summed E-state index contributed by atoms with van der Waals surface area (Å²) in [7, 11) is 0. The number of furan rings is 1. The number of rotatable bonds is 6. The molecule has 0 unspecified atom stereocenters. The Bertz CT molecular complexity index is 605. The number of hydrogen-bond donors (Lipinski definition) is 0. The van der Waals surface area contributed by atoms with Crippen molar-refractivity contribution < 1.29 is 22.4 Å². The van der Waals surface area contributed by atoms with Gasteiger partial charge in [0.15, 0.2) is 0 Å². The molecule has 0 saturated heterocycles. The van der Waals surface area contributed by atoms with E-state index in [9.17, 15) is 18.0 Å². The smallest absolute Gasteiger partial charge is 0.406 e. The van der Waals surface area contributed by atoms with E-state index >= 15 is 0 Å². The average molecular weight is 315 g/mol. The highest BCUT2D eigenvalue weighted by Crippen LogP contribution is 2.19. The second kappa shape index (κ2) is 6.67. The van der Waals surface area contributed by atoms with Crippen molar-refractivity contribution >= 4 is 5.91 Å². The third-order valence-corrected chi connectivity index (χ3v) is 2.97. The molecular formula is C14H16F3N3O2. The maximum Gasteiger partial charge on any atom is 0.406 e. The van der Waals surface area contributed by atoms with Gasteiger partial charge in [-0.1, -0.05) is 0 Å². The first-order chi connectivity index (χ1) is 10.3. The summed E-state index contributed by atoms with van der Waals surface area (Å²) in [4.78, 5) is 12.8. The van der Waals surface area contributed by atoms with Crippen molar-refractivity contribution in [1.82, 2.24) is 14.7 Å². The van der Waals surface area contributed by atoms with Crippen molar-refractivity contribution in [2.24, 2.45) is 0 Å². The van der Waals surface area contributed by atoms with Crippen molar-refractivity contribution in [1.29, 1.82) is 0 Å². The van der Waals surface area contributed by atoms with E-state index < -0.39 is 18.6 Å². The van der Waals surface area contributed by atoms with Crippen LogP contribution in [0.5, 0.6) is 0 Å². The summed E-state index contributed by atoms with van der Waals surface area (Å²) in [6.45, 7) is 0.575. The molecule has 0 aliphatic heterocycles. The Labute approximate surface area is 125 Å². The van der Waals surface area contributed by atoms with Crippen LogP contribution in [0.4, 0.5) is 13.2 Å². The minimum Gasteiger partial charge on any atom is -0.467 e. The van der Waals surface area contributed by atoms with E-state index in [-0.39, 0.29) is 19.5 Å². The molecule has 1 amide bonds. The lowest BCUT2D eigenvalue weighted by Gasteiger charge is -2.23. The SMILES string of the molecule is Cc1cnn(CCC(=O)N(Cc2ccco2)CC(F)(F)F)c1. The number of carbonyl (C=O) groups is 1. The minimum absolute atomic E-state index is 0.0576. The first-order valence-corrected chi connectivity index (χ1v) is 6.69. The van der Waals surface area contributed by atoms with Gasteiger partial charge in [-0.15, -0.1) is 0 Å². The van der Waals surface area contributed by atoms with E-state index in [1.54, 1.807) is 18.5 Å². The fraction of sp³-hybridized carbons (Fsp3) is 0.429. The van der Waals surface area contributed by atoms with E-state index in [4.69, 9.17) is 4.42 Å². The normalized spacial score (nSPS) is 11.6. The zero-order valence-corrected chi connectivity index (χ0v) is 12.0. The van der Waals surface area contributed by atoms with Crippen molar-refractivity contribution in [3.63, 3.8) is 0 Å².